The molecule has 1 heterocycles. The summed E-state index contributed by atoms with van der Waals surface area (Å²) in [4.78, 5) is 2.41. The fourth-order valence-electron chi connectivity index (χ4n) is 2.53. The van der Waals surface area contributed by atoms with Crippen LogP contribution in [0.1, 0.15) is 12.8 Å². The summed E-state index contributed by atoms with van der Waals surface area (Å²) in [5, 5.41) is 0. The van der Waals surface area contributed by atoms with E-state index >= 15 is 0 Å². The Morgan fingerprint density at radius 2 is 1.86 bits per heavy atom. The van der Waals surface area contributed by atoms with Gasteiger partial charge in [0, 0.05) is 25.5 Å². The molecule has 0 bridgehead atoms. The molecule has 4 nitrogen and oxygen atoms in total. The highest BCUT2D eigenvalue weighted by atomic mass is 35.5. The van der Waals surface area contributed by atoms with Crippen molar-refractivity contribution in [3.8, 4) is 11.5 Å². The van der Waals surface area contributed by atoms with E-state index in [0.29, 0.717) is 25.2 Å². The Morgan fingerprint density at radius 3 is 2.52 bits per heavy atom. The third-order valence-corrected chi connectivity index (χ3v) is 3.85. The largest absolute Gasteiger partial charge is 0.493 e. The summed E-state index contributed by atoms with van der Waals surface area (Å²) >= 11 is 5.64. The number of methoxy groups -OCH3 is 1. The zero-order chi connectivity index (χ0) is 14.9. The summed E-state index contributed by atoms with van der Waals surface area (Å²) in [5.41, 5.74) is 0. The third kappa shape index (κ3) is 5.38. The van der Waals surface area contributed by atoms with Crippen LogP contribution < -0.4 is 9.47 Å². The van der Waals surface area contributed by atoms with Crippen molar-refractivity contribution in [2.45, 2.75) is 18.9 Å². The van der Waals surface area contributed by atoms with E-state index in [1.54, 1.807) is 7.11 Å². The first-order chi connectivity index (χ1) is 10.3. The lowest BCUT2D eigenvalue weighted by molar-refractivity contribution is 0.0128. The first-order valence-corrected chi connectivity index (χ1v) is 8.02. The van der Waals surface area contributed by atoms with Crippen LogP contribution in [-0.2, 0) is 4.74 Å². The van der Waals surface area contributed by atoms with Gasteiger partial charge in [0.2, 0.25) is 0 Å². The number of ether oxygens (including phenoxy) is 3. The molecule has 0 radical (unpaired) electrons. The summed E-state index contributed by atoms with van der Waals surface area (Å²) in [6, 6.07) is 7.75. The van der Waals surface area contributed by atoms with E-state index in [1.165, 1.54) is 0 Å². The van der Waals surface area contributed by atoms with Crippen LogP contribution in [0, 0.1) is 0 Å². The van der Waals surface area contributed by atoms with E-state index in [9.17, 15) is 0 Å². The van der Waals surface area contributed by atoms with Gasteiger partial charge in [0.1, 0.15) is 6.61 Å². The Bertz CT molecular complexity index is 408. The second-order valence-electron chi connectivity index (χ2n) is 5.10. The molecular formula is C16H24ClNO3. The molecule has 0 saturated carbocycles. The van der Waals surface area contributed by atoms with Crippen LogP contribution in [0.15, 0.2) is 24.3 Å². The summed E-state index contributed by atoms with van der Waals surface area (Å²) in [5.74, 6) is 2.17. The number of nitrogens with zero attached hydrogens (tertiary/aromatic N) is 1. The van der Waals surface area contributed by atoms with Gasteiger partial charge in [-0.05, 0) is 25.0 Å². The smallest absolute Gasteiger partial charge is 0.161 e. The van der Waals surface area contributed by atoms with E-state index in [1.807, 2.05) is 24.3 Å². The molecule has 0 unspecified atom stereocenters. The van der Waals surface area contributed by atoms with E-state index in [0.717, 1.165) is 44.0 Å². The maximum Gasteiger partial charge on any atom is 0.161 e. The zero-order valence-corrected chi connectivity index (χ0v) is 13.3. The minimum absolute atomic E-state index is 0.370. The Labute approximate surface area is 131 Å². The lowest BCUT2D eigenvalue weighted by atomic mass is 10.1. The minimum Gasteiger partial charge on any atom is -0.493 e. The molecule has 21 heavy (non-hydrogen) atoms. The highest BCUT2D eigenvalue weighted by molar-refractivity contribution is 6.17. The zero-order valence-electron chi connectivity index (χ0n) is 12.6. The molecule has 1 aromatic rings. The average Bonchev–Trinajstić information content (AvgIpc) is 2.54. The van der Waals surface area contributed by atoms with Crippen LogP contribution in [0.5, 0.6) is 11.5 Å². The van der Waals surface area contributed by atoms with Gasteiger partial charge in [-0.15, -0.1) is 11.6 Å². The van der Waals surface area contributed by atoms with Gasteiger partial charge in [-0.2, -0.15) is 0 Å². The molecule has 0 atom stereocenters. The number of hydrogen-bond acceptors (Lipinski definition) is 4. The normalized spacial score (nSPS) is 16.9. The molecule has 1 aliphatic rings. The molecule has 0 spiro atoms. The molecule has 118 valence electrons. The fourth-order valence-corrected chi connectivity index (χ4v) is 2.62. The van der Waals surface area contributed by atoms with Gasteiger partial charge >= 0.3 is 0 Å². The second kappa shape index (κ2) is 9.13. The second-order valence-corrected chi connectivity index (χ2v) is 5.48. The van der Waals surface area contributed by atoms with Gasteiger partial charge in [0.15, 0.2) is 11.5 Å². The number of piperidine rings is 1. The molecule has 0 aromatic heterocycles. The van der Waals surface area contributed by atoms with Crippen molar-refractivity contribution in [3.63, 3.8) is 0 Å². The quantitative estimate of drug-likeness (QED) is 0.691. The van der Waals surface area contributed by atoms with Gasteiger partial charge in [-0.3, -0.25) is 4.90 Å². The number of hydrogen-bond donors (Lipinski definition) is 0. The lowest BCUT2D eigenvalue weighted by Crippen LogP contribution is -2.39. The predicted octanol–water partition coefficient (Wildman–Crippen LogP) is 2.79. The molecule has 5 heteroatoms. The van der Waals surface area contributed by atoms with E-state index in [2.05, 4.69) is 4.90 Å². The van der Waals surface area contributed by atoms with Crippen LogP contribution in [0.3, 0.4) is 0 Å². The number of alkyl halides is 1. The van der Waals surface area contributed by atoms with Crippen molar-refractivity contribution in [1.29, 1.82) is 0 Å². The van der Waals surface area contributed by atoms with Gasteiger partial charge < -0.3 is 14.2 Å². The van der Waals surface area contributed by atoms with Crippen LogP contribution in [-0.4, -0.2) is 56.8 Å². The fraction of sp³-hybridized carbons (Fsp3) is 0.625. The van der Waals surface area contributed by atoms with Crippen LogP contribution in [0.2, 0.25) is 0 Å². The number of likely N-dealkylation sites (tertiary alicyclic amines) is 1. The SMILES string of the molecule is COc1ccccc1OCCN1CCC(OCCCl)CC1. The Kier molecular flexibility index (Phi) is 7.13. The van der Waals surface area contributed by atoms with Gasteiger partial charge in [-0.1, -0.05) is 12.1 Å². The van der Waals surface area contributed by atoms with Crippen molar-refractivity contribution < 1.29 is 14.2 Å². The van der Waals surface area contributed by atoms with Crippen LogP contribution in [0.4, 0.5) is 0 Å². The van der Waals surface area contributed by atoms with Crippen molar-refractivity contribution >= 4 is 11.6 Å². The van der Waals surface area contributed by atoms with Crippen LogP contribution in [0.25, 0.3) is 0 Å². The first-order valence-electron chi connectivity index (χ1n) is 7.49. The number of benzene rings is 1. The Morgan fingerprint density at radius 1 is 1.14 bits per heavy atom. The van der Waals surface area contributed by atoms with Gasteiger partial charge in [0.05, 0.1) is 19.8 Å². The number of halogens is 1. The van der Waals surface area contributed by atoms with Crippen molar-refractivity contribution in [2.75, 3.05) is 45.8 Å². The summed E-state index contributed by atoms with van der Waals surface area (Å²) in [7, 11) is 1.66. The first kappa shape index (κ1) is 16.4. The maximum absolute atomic E-state index is 5.81. The summed E-state index contributed by atoms with van der Waals surface area (Å²) in [6.45, 7) is 4.38. The molecule has 1 aliphatic heterocycles. The molecule has 1 fully saturated rings. The molecule has 0 amide bonds. The molecule has 0 N–H and O–H groups in total. The minimum atomic E-state index is 0.370. The molecule has 2 rings (SSSR count). The van der Waals surface area contributed by atoms with E-state index < -0.39 is 0 Å². The molecular weight excluding hydrogens is 290 g/mol. The Balaban J connectivity index is 1.66. The lowest BCUT2D eigenvalue weighted by Gasteiger charge is -2.31. The molecule has 1 aromatic carbocycles. The highest BCUT2D eigenvalue weighted by Crippen LogP contribution is 2.25. The van der Waals surface area contributed by atoms with Crippen molar-refractivity contribution in [2.24, 2.45) is 0 Å². The number of rotatable bonds is 8. The molecule has 1 saturated heterocycles. The third-order valence-electron chi connectivity index (χ3n) is 3.70. The predicted molar refractivity (Wildman–Crippen MR) is 84.6 cm³/mol. The number of para-hydroxylation sites is 2. The van der Waals surface area contributed by atoms with E-state index in [-0.39, 0.29) is 0 Å². The highest BCUT2D eigenvalue weighted by Gasteiger charge is 2.19. The standard InChI is InChI=1S/C16H24ClNO3/c1-19-15-4-2-3-5-16(15)21-13-11-18-9-6-14(7-10-18)20-12-8-17/h2-5,14H,6-13H2,1H3. The Hall–Kier alpha value is -0.970. The van der Waals surface area contributed by atoms with Crippen LogP contribution >= 0.6 is 11.6 Å². The summed E-state index contributed by atoms with van der Waals surface area (Å²) in [6.07, 6.45) is 2.52. The maximum atomic E-state index is 5.81. The van der Waals surface area contributed by atoms with E-state index in [4.69, 9.17) is 25.8 Å². The van der Waals surface area contributed by atoms with Gasteiger partial charge in [-0.25, -0.2) is 0 Å². The monoisotopic (exact) mass is 313 g/mol. The van der Waals surface area contributed by atoms with Gasteiger partial charge in [0.25, 0.3) is 0 Å². The summed E-state index contributed by atoms with van der Waals surface area (Å²) < 4.78 is 16.8. The topological polar surface area (TPSA) is 30.9 Å². The van der Waals surface area contributed by atoms with Crippen molar-refractivity contribution in [3.05, 3.63) is 24.3 Å². The molecule has 0 aliphatic carbocycles. The van der Waals surface area contributed by atoms with Crippen molar-refractivity contribution in [1.82, 2.24) is 4.90 Å². The average molecular weight is 314 g/mol.